The first-order chi connectivity index (χ1) is 11.9. The molecular weight excluding hydrogens is 316 g/mol. The maximum absolute atomic E-state index is 13.2. The van der Waals surface area contributed by atoms with E-state index in [-0.39, 0.29) is 11.9 Å². The van der Waals surface area contributed by atoms with E-state index in [1.54, 1.807) is 0 Å². The highest BCUT2D eigenvalue weighted by atomic mass is 16.2. The molecule has 0 aromatic carbocycles. The molecule has 1 N–H and O–H groups in total. The number of aromatic amines is 1. The van der Waals surface area contributed by atoms with Gasteiger partial charge in [-0.2, -0.15) is 5.10 Å². The molecule has 0 unspecified atom stereocenters. The highest BCUT2D eigenvalue weighted by molar-refractivity contribution is 5.93. The number of nitrogens with zero attached hydrogens (tertiary/aromatic N) is 5. The predicted molar refractivity (Wildman–Crippen MR) is 93.3 cm³/mol. The third kappa shape index (κ3) is 2.96. The second kappa shape index (κ2) is 5.97. The first-order valence-electron chi connectivity index (χ1n) is 9.23. The highest BCUT2D eigenvalue weighted by Gasteiger charge is 2.38. The van der Waals surface area contributed by atoms with E-state index in [9.17, 15) is 4.79 Å². The Balaban J connectivity index is 1.68. The van der Waals surface area contributed by atoms with Gasteiger partial charge in [-0.25, -0.2) is 14.6 Å². The molecule has 0 saturated heterocycles. The molecule has 7 heteroatoms. The second-order valence-electron chi connectivity index (χ2n) is 7.77. The maximum atomic E-state index is 13.2. The van der Waals surface area contributed by atoms with E-state index in [1.165, 1.54) is 12.8 Å². The first kappa shape index (κ1) is 16.3. The average molecular weight is 342 g/mol. The number of carbonyl (C=O) groups is 1. The van der Waals surface area contributed by atoms with Crippen molar-refractivity contribution in [1.82, 2.24) is 29.6 Å². The number of H-pyrrole nitrogens is 1. The summed E-state index contributed by atoms with van der Waals surface area (Å²) in [6.07, 6.45) is 3.26. The maximum Gasteiger partial charge on any atom is 0.275 e. The van der Waals surface area contributed by atoms with Crippen LogP contribution in [0.5, 0.6) is 0 Å². The Labute approximate surface area is 147 Å². The highest BCUT2D eigenvalue weighted by Crippen LogP contribution is 2.40. The van der Waals surface area contributed by atoms with Crippen molar-refractivity contribution < 1.29 is 4.79 Å². The minimum atomic E-state index is -0.0299. The van der Waals surface area contributed by atoms with E-state index >= 15 is 0 Å². The van der Waals surface area contributed by atoms with Gasteiger partial charge in [0.25, 0.3) is 5.91 Å². The van der Waals surface area contributed by atoms with Gasteiger partial charge in [-0.1, -0.05) is 13.8 Å². The van der Waals surface area contributed by atoms with E-state index in [4.69, 9.17) is 10.1 Å². The topological polar surface area (TPSA) is 79.7 Å². The summed E-state index contributed by atoms with van der Waals surface area (Å²) in [5.41, 5.74) is 1.36. The van der Waals surface area contributed by atoms with Crippen molar-refractivity contribution in [3.63, 3.8) is 0 Å². The summed E-state index contributed by atoms with van der Waals surface area (Å²) in [7, 11) is 0. The normalized spacial score (nSPS) is 20.2. The van der Waals surface area contributed by atoms with Crippen molar-refractivity contribution in [3.05, 3.63) is 28.9 Å². The molecule has 3 heterocycles. The Bertz CT molecular complexity index is 801. The fourth-order valence-corrected chi connectivity index (χ4v) is 3.67. The molecule has 1 aliphatic heterocycles. The van der Waals surface area contributed by atoms with Crippen LogP contribution in [-0.2, 0) is 6.54 Å². The van der Waals surface area contributed by atoms with Gasteiger partial charge in [0.05, 0.1) is 12.6 Å². The number of hydrogen-bond donors (Lipinski definition) is 1. The Morgan fingerprint density at radius 3 is 2.60 bits per heavy atom. The number of imidazole rings is 1. The van der Waals surface area contributed by atoms with E-state index in [1.807, 2.05) is 23.4 Å². The van der Waals surface area contributed by atoms with Gasteiger partial charge >= 0.3 is 0 Å². The smallest absolute Gasteiger partial charge is 0.275 e. The first-order valence-corrected chi connectivity index (χ1v) is 9.23. The second-order valence-corrected chi connectivity index (χ2v) is 7.77. The molecule has 4 rings (SSSR count). The van der Waals surface area contributed by atoms with Crippen LogP contribution in [0.3, 0.4) is 0 Å². The lowest BCUT2D eigenvalue weighted by molar-refractivity contribution is 0.0572. The third-order valence-corrected chi connectivity index (χ3v) is 5.05. The molecule has 134 valence electrons. The number of fused-ring (bicyclic) bond motifs is 1. The van der Waals surface area contributed by atoms with Crippen molar-refractivity contribution in [2.24, 2.45) is 5.92 Å². The van der Waals surface area contributed by atoms with Crippen LogP contribution in [0.1, 0.15) is 78.7 Å². The molecule has 7 nitrogen and oxygen atoms in total. The fourth-order valence-electron chi connectivity index (χ4n) is 3.67. The molecular formula is C18H26N6O. The van der Waals surface area contributed by atoms with Crippen LogP contribution in [0.25, 0.3) is 0 Å². The van der Waals surface area contributed by atoms with Crippen LogP contribution in [0.2, 0.25) is 0 Å². The Morgan fingerprint density at radius 2 is 2.00 bits per heavy atom. The lowest BCUT2D eigenvalue weighted by atomic mass is 9.99. The number of aryl methyl sites for hydroxylation is 2. The standard InChI is InChI=1S/C18H26N6O/c1-10(2)9-14-17-21-16(13-5-6-13)22-24(17)8-7-23(14)18(25)15-11(3)19-12(4)20-15/h10,13-14H,5-9H2,1-4H3,(H,19,20)/t14-/m0/s1. The average Bonchev–Trinajstić information content (AvgIpc) is 3.21. The van der Waals surface area contributed by atoms with E-state index < -0.39 is 0 Å². The predicted octanol–water partition coefficient (Wildman–Crippen LogP) is 2.74. The van der Waals surface area contributed by atoms with Gasteiger partial charge in [0.2, 0.25) is 0 Å². The van der Waals surface area contributed by atoms with Gasteiger partial charge in [0.1, 0.15) is 17.3 Å². The van der Waals surface area contributed by atoms with E-state index in [0.29, 0.717) is 30.6 Å². The number of aromatic nitrogens is 5. The van der Waals surface area contributed by atoms with E-state index in [2.05, 4.69) is 23.8 Å². The molecule has 0 bridgehead atoms. The zero-order valence-corrected chi connectivity index (χ0v) is 15.4. The Kier molecular flexibility index (Phi) is 3.89. The molecule has 1 amide bonds. The summed E-state index contributed by atoms with van der Waals surface area (Å²) in [6, 6.07) is -0.0299. The lowest BCUT2D eigenvalue weighted by Gasteiger charge is -2.35. The van der Waals surface area contributed by atoms with Crippen LogP contribution in [0.15, 0.2) is 0 Å². The minimum Gasteiger partial charge on any atom is -0.346 e. The fraction of sp³-hybridized carbons (Fsp3) is 0.667. The number of hydrogen-bond acceptors (Lipinski definition) is 4. The largest absolute Gasteiger partial charge is 0.346 e. The van der Waals surface area contributed by atoms with Crippen LogP contribution in [-0.4, -0.2) is 42.1 Å². The molecule has 0 radical (unpaired) electrons. The zero-order chi connectivity index (χ0) is 17.7. The zero-order valence-electron chi connectivity index (χ0n) is 15.4. The van der Waals surface area contributed by atoms with Gasteiger partial charge in [0.15, 0.2) is 5.82 Å². The van der Waals surface area contributed by atoms with E-state index in [0.717, 1.165) is 29.6 Å². The molecule has 1 fully saturated rings. The van der Waals surface area contributed by atoms with Crippen molar-refractivity contribution in [2.45, 2.75) is 65.5 Å². The third-order valence-electron chi connectivity index (χ3n) is 5.05. The van der Waals surface area contributed by atoms with Gasteiger partial charge < -0.3 is 9.88 Å². The van der Waals surface area contributed by atoms with Crippen molar-refractivity contribution >= 4 is 5.91 Å². The minimum absolute atomic E-state index is 0.00489. The lowest BCUT2D eigenvalue weighted by Crippen LogP contribution is -2.43. The molecule has 2 aromatic rings. The quantitative estimate of drug-likeness (QED) is 0.926. The number of rotatable bonds is 4. The van der Waals surface area contributed by atoms with Gasteiger partial charge in [0, 0.05) is 18.2 Å². The monoisotopic (exact) mass is 342 g/mol. The summed E-state index contributed by atoms with van der Waals surface area (Å²) in [5, 5.41) is 4.70. The summed E-state index contributed by atoms with van der Waals surface area (Å²) in [5.74, 6) is 3.67. The molecule has 1 aliphatic carbocycles. The van der Waals surface area contributed by atoms with Gasteiger partial charge in [-0.05, 0) is 39.0 Å². The molecule has 2 aliphatic rings. The summed E-state index contributed by atoms with van der Waals surface area (Å²) in [6.45, 7) is 9.51. The van der Waals surface area contributed by atoms with Crippen LogP contribution < -0.4 is 0 Å². The Morgan fingerprint density at radius 1 is 1.24 bits per heavy atom. The molecule has 0 spiro atoms. The number of carbonyl (C=O) groups excluding carboxylic acids is 1. The van der Waals surface area contributed by atoms with Crippen LogP contribution >= 0.6 is 0 Å². The number of nitrogens with one attached hydrogen (secondary N) is 1. The van der Waals surface area contributed by atoms with Crippen LogP contribution in [0.4, 0.5) is 0 Å². The van der Waals surface area contributed by atoms with Crippen molar-refractivity contribution in [3.8, 4) is 0 Å². The van der Waals surface area contributed by atoms with Crippen LogP contribution in [0, 0.1) is 19.8 Å². The van der Waals surface area contributed by atoms with Crippen molar-refractivity contribution in [2.75, 3.05) is 6.54 Å². The summed E-state index contributed by atoms with van der Waals surface area (Å²) in [4.78, 5) is 27.5. The molecule has 1 atom stereocenters. The molecule has 1 saturated carbocycles. The van der Waals surface area contributed by atoms with Gasteiger partial charge in [-0.3, -0.25) is 4.79 Å². The summed E-state index contributed by atoms with van der Waals surface area (Å²) < 4.78 is 2.02. The van der Waals surface area contributed by atoms with Crippen molar-refractivity contribution in [1.29, 1.82) is 0 Å². The molecule has 2 aromatic heterocycles. The SMILES string of the molecule is Cc1nc(C(=O)N2CCn3nc(C4CC4)nc3[C@@H]2CC(C)C)c(C)[nH]1. The Hall–Kier alpha value is -2.18. The van der Waals surface area contributed by atoms with Gasteiger partial charge in [-0.15, -0.1) is 0 Å². The number of amides is 1. The summed E-state index contributed by atoms with van der Waals surface area (Å²) >= 11 is 0. The molecule has 25 heavy (non-hydrogen) atoms.